The second-order valence-corrected chi connectivity index (χ2v) is 6.16. The molecular formula is C16H18F3NO3. The van der Waals surface area contributed by atoms with Gasteiger partial charge in [-0.15, -0.1) is 13.2 Å². The first-order chi connectivity index (χ1) is 10.9. The lowest BCUT2D eigenvalue weighted by Gasteiger charge is -2.17. The molecule has 1 amide bonds. The van der Waals surface area contributed by atoms with E-state index in [2.05, 4.69) is 4.74 Å². The topological polar surface area (TPSA) is 49.8 Å². The van der Waals surface area contributed by atoms with Crippen LogP contribution in [0, 0.1) is 11.8 Å². The quantitative estimate of drug-likeness (QED) is 0.923. The maximum Gasteiger partial charge on any atom is 0.573 e. The summed E-state index contributed by atoms with van der Waals surface area (Å²) in [6, 6.07) is 5.99. The van der Waals surface area contributed by atoms with Gasteiger partial charge in [0.15, 0.2) is 0 Å². The summed E-state index contributed by atoms with van der Waals surface area (Å²) in [5.41, 5.74) is 0.432. The predicted octanol–water partition coefficient (Wildman–Crippen LogP) is 2.53. The minimum absolute atomic E-state index is 0.0345. The zero-order chi connectivity index (χ0) is 16.6. The van der Waals surface area contributed by atoms with Gasteiger partial charge in [0, 0.05) is 31.5 Å². The van der Waals surface area contributed by atoms with Crippen molar-refractivity contribution in [2.45, 2.75) is 25.1 Å². The number of hydrogen-bond donors (Lipinski definition) is 1. The third kappa shape index (κ3) is 3.60. The second kappa shape index (κ2) is 6.03. The van der Waals surface area contributed by atoms with Gasteiger partial charge in [-0.2, -0.15) is 0 Å². The number of carbonyl (C=O) groups excluding carboxylic acids is 1. The van der Waals surface area contributed by atoms with Gasteiger partial charge < -0.3 is 14.7 Å². The van der Waals surface area contributed by atoms with E-state index in [1.54, 1.807) is 17.0 Å². The number of rotatable bonds is 4. The Morgan fingerprint density at radius 3 is 2.74 bits per heavy atom. The number of nitrogens with zero attached hydrogens (tertiary/aromatic N) is 1. The van der Waals surface area contributed by atoms with E-state index in [9.17, 15) is 18.0 Å². The van der Waals surface area contributed by atoms with Crippen LogP contribution in [0.3, 0.4) is 0 Å². The van der Waals surface area contributed by atoms with Gasteiger partial charge >= 0.3 is 6.36 Å². The van der Waals surface area contributed by atoms with Crippen molar-refractivity contribution in [2.24, 2.45) is 11.8 Å². The van der Waals surface area contributed by atoms with E-state index in [0.717, 1.165) is 6.42 Å². The molecule has 7 heteroatoms. The normalized spacial score (nSPS) is 27.1. The minimum atomic E-state index is -4.74. The van der Waals surface area contributed by atoms with E-state index < -0.39 is 6.36 Å². The summed E-state index contributed by atoms with van der Waals surface area (Å²) in [6.07, 6.45) is -3.43. The van der Waals surface area contributed by atoms with E-state index in [-0.39, 0.29) is 36.0 Å². The van der Waals surface area contributed by atoms with Crippen LogP contribution in [0.4, 0.5) is 13.2 Å². The second-order valence-electron chi connectivity index (χ2n) is 6.16. The molecule has 3 rings (SSSR count). The maximum absolute atomic E-state index is 12.5. The van der Waals surface area contributed by atoms with E-state index >= 15 is 0 Å². The first-order valence-electron chi connectivity index (χ1n) is 7.63. The van der Waals surface area contributed by atoms with Crippen LogP contribution in [0.15, 0.2) is 24.3 Å². The standard InChI is InChI=1S/C16H18F3NO3/c17-16(18,19)23-14-4-2-1-3-11(14)12-7-13(12)15(22)20-6-5-10(8-20)9-21/h1-4,10,12-13,21H,5-9H2. The summed E-state index contributed by atoms with van der Waals surface area (Å²) in [7, 11) is 0. The zero-order valence-corrected chi connectivity index (χ0v) is 12.4. The summed E-state index contributed by atoms with van der Waals surface area (Å²) in [5, 5.41) is 9.13. The molecule has 1 aromatic carbocycles. The van der Waals surface area contributed by atoms with Crippen LogP contribution in [0.1, 0.15) is 24.3 Å². The fourth-order valence-corrected chi connectivity index (χ4v) is 3.23. The number of benzene rings is 1. The van der Waals surface area contributed by atoms with Gasteiger partial charge in [0.2, 0.25) is 5.91 Å². The first-order valence-corrected chi connectivity index (χ1v) is 7.63. The SMILES string of the molecule is O=C(C1CC1c1ccccc1OC(F)(F)F)N1CCC(CO)C1. The Morgan fingerprint density at radius 2 is 2.09 bits per heavy atom. The number of para-hydroxylation sites is 1. The highest BCUT2D eigenvalue weighted by molar-refractivity contribution is 5.83. The van der Waals surface area contributed by atoms with Crippen molar-refractivity contribution in [1.82, 2.24) is 4.90 Å². The molecule has 1 heterocycles. The Kier molecular flexibility index (Phi) is 4.23. The van der Waals surface area contributed by atoms with Crippen molar-refractivity contribution in [3.63, 3.8) is 0 Å². The number of alkyl halides is 3. The average molecular weight is 329 g/mol. The highest BCUT2D eigenvalue weighted by Crippen LogP contribution is 2.52. The predicted molar refractivity (Wildman–Crippen MR) is 75.7 cm³/mol. The monoisotopic (exact) mass is 329 g/mol. The fourth-order valence-electron chi connectivity index (χ4n) is 3.23. The molecule has 0 bridgehead atoms. The Hall–Kier alpha value is -1.76. The molecule has 1 aliphatic carbocycles. The van der Waals surface area contributed by atoms with Crippen LogP contribution in [-0.2, 0) is 4.79 Å². The lowest BCUT2D eigenvalue weighted by molar-refractivity contribution is -0.274. The maximum atomic E-state index is 12.5. The highest BCUT2D eigenvalue weighted by Gasteiger charge is 2.48. The Balaban J connectivity index is 1.68. The Labute approximate surface area is 131 Å². The van der Waals surface area contributed by atoms with Gasteiger partial charge in [0.05, 0.1) is 0 Å². The molecule has 126 valence electrons. The first kappa shape index (κ1) is 16.1. The van der Waals surface area contributed by atoms with Gasteiger partial charge in [0.1, 0.15) is 5.75 Å². The highest BCUT2D eigenvalue weighted by atomic mass is 19.4. The molecular weight excluding hydrogens is 311 g/mol. The molecule has 1 aliphatic heterocycles. The van der Waals surface area contributed by atoms with E-state index in [1.807, 2.05) is 0 Å². The molecule has 1 N–H and O–H groups in total. The van der Waals surface area contributed by atoms with Crippen LogP contribution in [-0.4, -0.2) is 42.0 Å². The largest absolute Gasteiger partial charge is 0.573 e. The van der Waals surface area contributed by atoms with Gasteiger partial charge in [-0.1, -0.05) is 18.2 Å². The van der Waals surface area contributed by atoms with Crippen molar-refractivity contribution in [3.8, 4) is 5.75 Å². The molecule has 3 atom stereocenters. The van der Waals surface area contributed by atoms with Gasteiger partial charge in [-0.05, 0) is 30.4 Å². The molecule has 1 aromatic rings. The van der Waals surface area contributed by atoms with Crippen LogP contribution in [0.5, 0.6) is 5.75 Å². The van der Waals surface area contributed by atoms with Gasteiger partial charge in [0.25, 0.3) is 0 Å². The molecule has 1 saturated carbocycles. The molecule has 2 aliphatic rings. The Bertz CT molecular complexity index is 590. The van der Waals surface area contributed by atoms with Crippen molar-refractivity contribution < 1.29 is 27.8 Å². The molecule has 0 aromatic heterocycles. The molecule has 0 radical (unpaired) electrons. The summed E-state index contributed by atoms with van der Waals surface area (Å²) in [5.74, 6) is -0.667. The third-order valence-corrected chi connectivity index (χ3v) is 4.51. The van der Waals surface area contributed by atoms with Crippen LogP contribution >= 0.6 is 0 Å². The number of hydrogen-bond acceptors (Lipinski definition) is 3. The number of likely N-dealkylation sites (tertiary alicyclic amines) is 1. The number of aliphatic hydroxyl groups is 1. The molecule has 1 saturated heterocycles. The minimum Gasteiger partial charge on any atom is -0.405 e. The smallest absolute Gasteiger partial charge is 0.405 e. The van der Waals surface area contributed by atoms with Crippen molar-refractivity contribution in [1.29, 1.82) is 0 Å². The van der Waals surface area contributed by atoms with Crippen molar-refractivity contribution in [3.05, 3.63) is 29.8 Å². The van der Waals surface area contributed by atoms with Crippen LogP contribution in [0.25, 0.3) is 0 Å². The van der Waals surface area contributed by atoms with E-state index in [4.69, 9.17) is 5.11 Å². The number of amides is 1. The van der Waals surface area contributed by atoms with Crippen LogP contribution in [0.2, 0.25) is 0 Å². The summed E-state index contributed by atoms with van der Waals surface area (Å²) in [6.45, 7) is 1.19. The van der Waals surface area contributed by atoms with E-state index in [1.165, 1.54) is 12.1 Å². The summed E-state index contributed by atoms with van der Waals surface area (Å²) in [4.78, 5) is 14.1. The van der Waals surface area contributed by atoms with Crippen LogP contribution < -0.4 is 4.74 Å². The summed E-state index contributed by atoms with van der Waals surface area (Å²) >= 11 is 0. The summed E-state index contributed by atoms with van der Waals surface area (Å²) < 4.78 is 41.5. The van der Waals surface area contributed by atoms with Gasteiger partial charge in [-0.25, -0.2) is 0 Å². The number of carbonyl (C=O) groups is 1. The number of aliphatic hydroxyl groups excluding tert-OH is 1. The van der Waals surface area contributed by atoms with E-state index in [0.29, 0.717) is 25.1 Å². The third-order valence-electron chi connectivity index (χ3n) is 4.51. The molecule has 23 heavy (non-hydrogen) atoms. The van der Waals surface area contributed by atoms with Gasteiger partial charge in [-0.3, -0.25) is 4.79 Å². The number of ether oxygens (including phenoxy) is 1. The Morgan fingerprint density at radius 1 is 1.35 bits per heavy atom. The molecule has 4 nitrogen and oxygen atoms in total. The lowest BCUT2D eigenvalue weighted by atomic mass is 10.1. The van der Waals surface area contributed by atoms with Crippen molar-refractivity contribution >= 4 is 5.91 Å². The van der Waals surface area contributed by atoms with Crippen molar-refractivity contribution in [2.75, 3.05) is 19.7 Å². The lowest BCUT2D eigenvalue weighted by Crippen LogP contribution is -2.30. The fraction of sp³-hybridized carbons (Fsp3) is 0.562. The number of halogens is 3. The molecule has 3 unspecified atom stereocenters. The molecule has 0 spiro atoms. The molecule has 2 fully saturated rings. The zero-order valence-electron chi connectivity index (χ0n) is 12.4. The average Bonchev–Trinajstić information content (AvgIpc) is 3.13.